The number of hydrogen-bond acceptors (Lipinski definition) is 4. The maximum absolute atomic E-state index is 12.5. The summed E-state index contributed by atoms with van der Waals surface area (Å²) in [6.07, 6.45) is 0. The van der Waals surface area contributed by atoms with E-state index in [1.54, 1.807) is 38.1 Å². The molecule has 0 saturated heterocycles. The second kappa shape index (κ2) is 5.62. The van der Waals surface area contributed by atoms with Crippen LogP contribution in [0.2, 0.25) is 0 Å². The predicted molar refractivity (Wildman–Crippen MR) is 85.7 cm³/mol. The molecule has 0 atom stereocenters. The first-order chi connectivity index (χ1) is 11.0. The van der Waals surface area contributed by atoms with Gasteiger partial charge in [-0.25, -0.2) is 4.79 Å². The smallest absolute Gasteiger partial charge is 0.345 e. The van der Waals surface area contributed by atoms with Crippen LogP contribution in [-0.4, -0.2) is 11.8 Å². The minimum atomic E-state index is -1.03. The van der Waals surface area contributed by atoms with Crippen molar-refractivity contribution in [2.24, 2.45) is 0 Å². The molecule has 1 aliphatic rings. The molecule has 23 heavy (non-hydrogen) atoms. The number of nitriles is 1. The number of cyclic esters (lactones) is 1. The van der Waals surface area contributed by atoms with E-state index in [2.05, 4.69) is 6.07 Å². The van der Waals surface area contributed by atoms with Crippen molar-refractivity contribution in [3.8, 4) is 6.07 Å². The van der Waals surface area contributed by atoms with Gasteiger partial charge in [-0.1, -0.05) is 42.5 Å². The van der Waals surface area contributed by atoms with Gasteiger partial charge < -0.3 is 9.47 Å². The van der Waals surface area contributed by atoms with E-state index in [1.807, 2.05) is 30.3 Å². The normalized spacial score (nSPS) is 16.3. The van der Waals surface area contributed by atoms with Gasteiger partial charge >= 0.3 is 5.97 Å². The van der Waals surface area contributed by atoms with Gasteiger partial charge in [0.2, 0.25) is 5.79 Å². The van der Waals surface area contributed by atoms with Crippen molar-refractivity contribution < 1.29 is 14.3 Å². The standard InChI is InChI=1S/C19H15NO3/c1-19(2)22-17(15-6-4-3-5-7-15)16(18(21)23-19)14-10-8-13(12-20)9-11-14/h3-11H,1-2H3. The Labute approximate surface area is 134 Å². The van der Waals surface area contributed by atoms with E-state index < -0.39 is 11.8 Å². The second-order valence-electron chi connectivity index (χ2n) is 5.65. The highest BCUT2D eigenvalue weighted by Crippen LogP contribution is 2.37. The SMILES string of the molecule is CC1(C)OC(=O)C(c2ccc(C#N)cc2)=C(c2ccccc2)O1. The summed E-state index contributed by atoms with van der Waals surface area (Å²) < 4.78 is 11.3. The van der Waals surface area contributed by atoms with E-state index in [4.69, 9.17) is 14.7 Å². The molecule has 0 N–H and O–H groups in total. The summed E-state index contributed by atoms with van der Waals surface area (Å²) in [5, 5.41) is 8.91. The molecule has 2 aromatic carbocycles. The number of rotatable bonds is 2. The van der Waals surface area contributed by atoms with Crippen LogP contribution < -0.4 is 0 Å². The molecule has 4 nitrogen and oxygen atoms in total. The summed E-state index contributed by atoms with van der Waals surface area (Å²) in [7, 11) is 0. The summed E-state index contributed by atoms with van der Waals surface area (Å²) in [4.78, 5) is 12.5. The molecule has 0 aromatic heterocycles. The summed E-state index contributed by atoms with van der Waals surface area (Å²) in [6, 6.07) is 18.3. The molecular formula is C19H15NO3. The molecule has 0 amide bonds. The van der Waals surface area contributed by atoms with E-state index in [0.29, 0.717) is 22.5 Å². The van der Waals surface area contributed by atoms with Crippen molar-refractivity contribution >= 4 is 17.3 Å². The van der Waals surface area contributed by atoms with E-state index in [0.717, 1.165) is 5.56 Å². The van der Waals surface area contributed by atoms with Gasteiger partial charge in [-0.05, 0) is 17.7 Å². The highest BCUT2D eigenvalue weighted by Gasteiger charge is 2.37. The Morgan fingerprint density at radius 2 is 1.57 bits per heavy atom. The quantitative estimate of drug-likeness (QED) is 0.793. The number of carbonyl (C=O) groups is 1. The zero-order chi connectivity index (χ0) is 16.4. The Balaban J connectivity index is 2.19. The third-order valence-electron chi connectivity index (χ3n) is 3.46. The maximum atomic E-state index is 12.5. The zero-order valence-electron chi connectivity index (χ0n) is 12.9. The highest BCUT2D eigenvalue weighted by atomic mass is 16.7. The topological polar surface area (TPSA) is 59.3 Å². The fraction of sp³-hybridized carbons (Fsp3) is 0.158. The lowest BCUT2D eigenvalue weighted by Crippen LogP contribution is -2.36. The first-order valence-electron chi connectivity index (χ1n) is 7.23. The Morgan fingerprint density at radius 1 is 0.913 bits per heavy atom. The predicted octanol–water partition coefficient (Wildman–Crippen LogP) is 3.74. The van der Waals surface area contributed by atoms with Gasteiger partial charge in [-0.3, -0.25) is 0 Å². The first kappa shape index (κ1) is 14.9. The van der Waals surface area contributed by atoms with E-state index in [9.17, 15) is 4.79 Å². The van der Waals surface area contributed by atoms with Gasteiger partial charge in [0.15, 0.2) is 0 Å². The average Bonchev–Trinajstić information content (AvgIpc) is 2.54. The van der Waals surface area contributed by atoms with Crippen LogP contribution in [0.3, 0.4) is 0 Å². The Morgan fingerprint density at radius 3 is 2.17 bits per heavy atom. The van der Waals surface area contributed by atoms with Gasteiger partial charge in [-0.2, -0.15) is 5.26 Å². The zero-order valence-corrected chi connectivity index (χ0v) is 12.9. The molecule has 0 radical (unpaired) electrons. The first-order valence-corrected chi connectivity index (χ1v) is 7.23. The van der Waals surface area contributed by atoms with Crippen molar-refractivity contribution in [2.45, 2.75) is 19.6 Å². The lowest BCUT2D eigenvalue weighted by Gasteiger charge is -2.33. The van der Waals surface area contributed by atoms with Gasteiger partial charge in [-0.15, -0.1) is 0 Å². The second-order valence-corrected chi connectivity index (χ2v) is 5.65. The molecule has 0 unspecified atom stereocenters. The number of nitrogens with zero attached hydrogens (tertiary/aromatic N) is 1. The molecule has 114 valence electrons. The molecule has 0 aliphatic carbocycles. The van der Waals surface area contributed by atoms with Gasteiger partial charge in [0.05, 0.1) is 11.6 Å². The summed E-state index contributed by atoms with van der Waals surface area (Å²) >= 11 is 0. The van der Waals surface area contributed by atoms with E-state index in [-0.39, 0.29) is 0 Å². The third kappa shape index (κ3) is 2.95. The summed E-state index contributed by atoms with van der Waals surface area (Å²) in [5.74, 6) is -0.986. The summed E-state index contributed by atoms with van der Waals surface area (Å²) in [5.41, 5.74) is 2.35. The number of carbonyl (C=O) groups excluding carboxylic acids is 1. The number of ether oxygens (including phenoxy) is 2. The van der Waals surface area contributed by atoms with Crippen LogP contribution in [-0.2, 0) is 14.3 Å². The van der Waals surface area contributed by atoms with Crippen LogP contribution in [0.1, 0.15) is 30.5 Å². The minimum Gasteiger partial charge on any atom is -0.451 e. The molecule has 1 heterocycles. The van der Waals surface area contributed by atoms with Crippen LogP contribution in [0.4, 0.5) is 0 Å². The van der Waals surface area contributed by atoms with E-state index >= 15 is 0 Å². The molecule has 2 aromatic rings. The number of esters is 1. The van der Waals surface area contributed by atoms with Crippen LogP contribution in [0.5, 0.6) is 0 Å². The molecule has 0 saturated carbocycles. The minimum absolute atomic E-state index is 0.361. The Bertz CT molecular complexity index is 812. The van der Waals surface area contributed by atoms with Gasteiger partial charge in [0.25, 0.3) is 0 Å². The Kier molecular flexibility index (Phi) is 3.63. The van der Waals surface area contributed by atoms with Crippen LogP contribution in [0.15, 0.2) is 54.6 Å². The monoisotopic (exact) mass is 305 g/mol. The highest BCUT2D eigenvalue weighted by molar-refractivity contribution is 6.24. The number of hydrogen-bond donors (Lipinski definition) is 0. The van der Waals surface area contributed by atoms with Crippen molar-refractivity contribution in [3.05, 3.63) is 71.3 Å². The van der Waals surface area contributed by atoms with Crippen molar-refractivity contribution in [3.63, 3.8) is 0 Å². The largest absolute Gasteiger partial charge is 0.451 e. The fourth-order valence-electron chi connectivity index (χ4n) is 2.44. The number of benzene rings is 2. The average molecular weight is 305 g/mol. The molecule has 0 spiro atoms. The van der Waals surface area contributed by atoms with Gasteiger partial charge in [0, 0.05) is 19.4 Å². The van der Waals surface area contributed by atoms with E-state index in [1.165, 1.54) is 0 Å². The summed E-state index contributed by atoms with van der Waals surface area (Å²) in [6.45, 7) is 3.40. The van der Waals surface area contributed by atoms with Crippen molar-refractivity contribution in [2.75, 3.05) is 0 Å². The molecule has 0 fully saturated rings. The lowest BCUT2D eigenvalue weighted by molar-refractivity contribution is -0.191. The van der Waals surface area contributed by atoms with Gasteiger partial charge in [0.1, 0.15) is 11.3 Å². The van der Waals surface area contributed by atoms with Crippen LogP contribution in [0, 0.1) is 11.3 Å². The van der Waals surface area contributed by atoms with Crippen LogP contribution in [0.25, 0.3) is 11.3 Å². The molecule has 4 heteroatoms. The maximum Gasteiger partial charge on any atom is 0.345 e. The Hall–Kier alpha value is -3.06. The van der Waals surface area contributed by atoms with Crippen molar-refractivity contribution in [1.82, 2.24) is 0 Å². The molecule has 3 rings (SSSR count). The molecule has 1 aliphatic heterocycles. The van der Waals surface area contributed by atoms with Crippen molar-refractivity contribution in [1.29, 1.82) is 5.26 Å². The third-order valence-corrected chi connectivity index (χ3v) is 3.46. The molecule has 0 bridgehead atoms. The molecular weight excluding hydrogens is 290 g/mol. The lowest BCUT2D eigenvalue weighted by atomic mass is 9.98. The van der Waals surface area contributed by atoms with Crippen LogP contribution >= 0.6 is 0 Å². The fourth-order valence-corrected chi connectivity index (χ4v) is 2.44.